The molecule has 1 N–H and O–H groups in total. The Labute approximate surface area is 193 Å². The van der Waals surface area contributed by atoms with Crippen LogP contribution in [0.4, 0.5) is 0 Å². The van der Waals surface area contributed by atoms with Crippen LogP contribution in [0.25, 0.3) is 6.08 Å². The first-order chi connectivity index (χ1) is 15.9. The third-order valence-corrected chi connectivity index (χ3v) is 6.22. The van der Waals surface area contributed by atoms with E-state index < -0.39 is 15.9 Å². The van der Waals surface area contributed by atoms with Gasteiger partial charge in [0.1, 0.15) is 5.76 Å². The van der Waals surface area contributed by atoms with Crippen LogP contribution in [0, 0.1) is 0 Å². The van der Waals surface area contributed by atoms with E-state index in [1.165, 1.54) is 19.4 Å². The van der Waals surface area contributed by atoms with Crippen molar-refractivity contribution in [2.75, 3.05) is 20.8 Å². The molecule has 0 saturated carbocycles. The van der Waals surface area contributed by atoms with Crippen LogP contribution in [0.15, 0.2) is 76.8 Å². The molecule has 0 fully saturated rings. The number of methoxy groups -OCH3 is 2. The van der Waals surface area contributed by atoms with Crippen LogP contribution in [0.1, 0.15) is 16.9 Å². The second kappa shape index (κ2) is 11.3. The number of furan rings is 1. The molecular formula is C24H26N2O6S. The number of hydrogen-bond acceptors (Lipinski definition) is 6. The van der Waals surface area contributed by atoms with Gasteiger partial charge in [0.25, 0.3) is 0 Å². The van der Waals surface area contributed by atoms with E-state index in [-0.39, 0.29) is 19.6 Å². The molecule has 0 aliphatic rings. The Morgan fingerprint density at radius 1 is 1.03 bits per heavy atom. The summed E-state index contributed by atoms with van der Waals surface area (Å²) in [6, 6.07) is 17.7. The van der Waals surface area contributed by atoms with Crippen molar-refractivity contribution >= 4 is 22.0 Å². The highest BCUT2D eigenvalue weighted by Gasteiger charge is 2.23. The van der Waals surface area contributed by atoms with E-state index in [0.29, 0.717) is 17.3 Å². The highest BCUT2D eigenvalue weighted by Crippen LogP contribution is 2.27. The van der Waals surface area contributed by atoms with Gasteiger partial charge in [0, 0.05) is 12.0 Å². The maximum atomic E-state index is 13.0. The zero-order chi connectivity index (χ0) is 23.7. The number of ether oxygens (including phenoxy) is 2. The molecule has 0 atom stereocenters. The Hall–Kier alpha value is -3.56. The Bertz CT molecular complexity index is 1170. The second-order valence-electron chi connectivity index (χ2n) is 7.07. The van der Waals surface area contributed by atoms with Crippen molar-refractivity contribution in [1.29, 1.82) is 0 Å². The molecule has 1 heterocycles. The number of carbonyl (C=O) groups excluding carboxylic acids is 1. The highest BCUT2D eigenvalue weighted by atomic mass is 32.2. The smallest absolute Gasteiger partial charge is 0.237 e. The highest BCUT2D eigenvalue weighted by molar-refractivity contribution is 7.92. The third kappa shape index (κ3) is 6.96. The monoisotopic (exact) mass is 470 g/mol. The van der Waals surface area contributed by atoms with E-state index in [2.05, 4.69) is 5.32 Å². The van der Waals surface area contributed by atoms with Gasteiger partial charge in [-0.15, -0.1) is 0 Å². The van der Waals surface area contributed by atoms with Crippen LogP contribution in [0.2, 0.25) is 0 Å². The number of carbonyl (C=O) groups is 1. The van der Waals surface area contributed by atoms with Gasteiger partial charge in [-0.05, 0) is 41.5 Å². The minimum Gasteiger partial charge on any atom is -0.493 e. The van der Waals surface area contributed by atoms with Crippen LogP contribution in [0.3, 0.4) is 0 Å². The average molecular weight is 471 g/mol. The van der Waals surface area contributed by atoms with E-state index >= 15 is 0 Å². The molecule has 0 unspecified atom stereocenters. The van der Waals surface area contributed by atoms with Crippen molar-refractivity contribution in [3.8, 4) is 11.5 Å². The van der Waals surface area contributed by atoms with Gasteiger partial charge in [-0.25, -0.2) is 8.42 Å². The maximum absolute atomic E-state index is 13.0. The molecule has 0 spiro atoms. The first-order valence-corrected chi connectivity index (χ1v) is 11.6. The number of nitrogens with one attached hydrogen (secondary N) is 1. The average Bonchev–Trinajstić information content (AvgIpc) is 3.35. The minimum absolute atomic E-state index is 0.0712. The predicted octanol–water partition coefficient (Wildman–Crippen LogP) is 3.42. The summed E-state index contributed by atoms with van der Waals surface area (Å²) < 4.78 is 42.8. The molecule has 0 aliphatic heterocycles. The van der Waals surface area contributed by atoms with Gasteiger partial charge in [-0.1, -0.05) is 36.4 Å². The molecule has 0 aliphatic carbocycles. The predicted molar refractivity (Wildman–Crippen MR) is 125 cm³/mol. The van der Waals surface area contributed by atoms with Gasteiger partial charge in [-0.2, -0.15) is 4.31 Å². The fourth-order valence-corrected chi connectivity index (χ4v) is 4.14. The van der Waals surface area contributed by atoms with Crippen LogP contribution < -0.4 is 14.8 Å². The molecule has 1 amide bonds. The van der Waals surface area contributed by atoms with Gasteiger partial charge in [0.2, 0.25) is 15.9 Å². The first kappa shape index (κ1) is 24.1. The lowest BCUT2D eigenvalue weighted by molar-refractivity contribution is -0.121. The molecule has 2 aromatic carbocycles. The van der Waals surface area contributed by atoms with E-state index in [9.17, 15) is 13.2 Å². The van der Waals surface area contributed by atoms with E-state index in [1.54, 1.807) is 49.6 Å². The summed E-state index contributed by atoms with van der Waals surface area (Å²) in [4.78, 5) is 12.6. The SMILES string of the molecule is COc1ccc(CNC(=O)CN(Cc2ccco2)S(=O)(=O)/C=C/c2ccccc2)cc1OC. The van der Waals surface area contributed by atoms with E-state index in [4.69, 9.17) is 13.9 Å². The summed E-state index contributed by atoms with van der Waals surface area (Å²) in [6.07, 6.45) is 2.95. The van der Waals surface area contributed by atoms with Crippen LogP contribution >= 0.6 is 0 Å². The summed E-state index contributed by atoms with van der Waals surface area (Å²) in [5, 5.41) is 3.84. The van der Waals surface area contributed by atoms with Gasteiger partial charge >= 0.3 is 0 Å². The zero-order valence-electron chi connectivity index (χ0n) is 18.4. The van der Waals surface area contributed by atoms with Crippen molar-refractivity contribution in [1.82, 2.24) is 9.62 Å². The van der Waals surface area contributed by atoms with E-state index in [0.717, 1.165) is 20.8 Å². The topological polar surface area (TPSA) is 98.1 Å². The third-order valence-electron chi connectivity index (χ3n) is 4.76. The Kier molecular flexibility index (Phi) is 8.28. The summed E-state index contributed by atoms with van der Waals surface area (Å²) in [7, 11) is -0.829. The fraction of sp³-hybridized carbons (Fsp3) is 0.208. The molecule has 0 saturated heterocycles. The molecule has 3 aromatic rings. The lowest BCUT2D eigenvalue weighted by Gasteiger charge is -2.19. The van der Waals surface area contributed by atoms with Crippen molar-refractivity contribution in [2.24, 2.45) is 0 Å². The maximum Gasteiger partial charge on any atom is 0.237 e. The van der Waals surface area contributed by atoms with Gasteiger partial charge in [0.05, 0.1) is 33.6 Å². The summed E-state index contributed by atoms with van der Waals surface area (Å²) >= 11 is 0. The van der Waals surface area contributed by atoms with Crippen molar-refractivity contribution in [3.63, 3.8) is 0 Å². The van der Waals surface area contributed by atoms with Crippen LogP contribution in [-0.4, -0.2) is 39.4 Å². The number of rotatable bonds is 11. The van der Waals surface area contributed by atoms with Gasteiger partial charge in [-0.3, -0.25) is 4.79 Å². The number of hydrogen-bond donors (Lipinski definition) is 1. The summed E-state index contributed by atoms with van der Waals surface area (Å²) in [6.45, 7) is -0.235. The van der Waals surface area contributed by atoms with Crippen LogP contribution in [0.5, 0.6) is 11.5 Å². The molecule has 174 valence electrons. The van der Waals surface area contributed by atoms with Crippen LogP contribution in [-0.2, 0) is 27.9 Å². The molecule has 0 bridgehead atoms. The lowest BCUT2D eigenvalue weighted by Crippen LogP contribution is -2.39. The lowest BCUT2D eigenvalue weighted by atomic mass is 10.2. The Morgan fingerprint density at radius 3 is 2.45 bits per heavy atom. The van der Waals surface area contributed by atoms with Crippen molar-refractivity contribution in [3.05, 3.63) is 89.2 Å². The quantitative estimate of drug-likeness (QED) is 0.461. The number of benzene rings is 2. The molecule has 1 aromatic heterocycles. The number of nitrogens with zero attached hydrogens (tertiary/aromatic N) is 1. The second-order valence-corrected chi connectivity index (χ2v) is 8.89. The molecule has 9 heteroatoms. The molecule has 33 heavy (non-hydrogen) atoms. The Balaban J connectivity index is 1.70. The standard InChI is InChI=1S/C24H26N2O6S/c1-30-22-11-10-20(15-23(22)31-2)16-25-24(27)18-26(17-21-9-6-13-32-21)33(28,29)14-12-19-7-4-3-5-8-19/h3-15H,16-18H2,1-2H3,(H,25,27)/b14-12+. The molecule has 3 rings (SSSR count). The number of amides is 1. The number of sulfonamides is 1. The Morgan fingerprint density at radius 2 is 1.79 bits per heavy atom. The first-order valence-electron chi connectivity index (χ1n) is 10.1. The minimum atomic E-state index is -3.90. The fourth-order valence-electron chi connectivity index (χ4n) is 3.03. The van der Waals surface area contributed by atoms with Crippen molar-refractivity contribution < 1.29 is 27.1 Å². The van der Waals surface area contributed by atoms with E-state index in [1.807, 2.05) is 18.2 Å². The summed E-state index contributed by atoms with van der Waals surface area (Å²) in [5.74, 6) is 1.10. The molecule has 0 radical (unpaired) electrons. The largest absolute Gasteiger partial charge is 0.493 e. The van der Waals surface area contributed by atoms with Crippen molar-refractivity contribution in [2.45, 2.75) is 13.1 Å². The summed E-state index contributed by atoms with van der Waals surface area (Å²) in [5.41, 5.74) is 1.52. The van der Waals surface area contributed by atoms with Gasteiger partial charge < -0.3 is 19.2 Å². The zero-order valence-corrected chi connectivity index (χ0v) is 19.2. The normalized spacial score (nSPS) is 11.6. The molecular weight excluding hydrogens is 444 g/mol. The van der Waals surface area contributed by atoms with Gasteiger partial charge in [0.15, 0.2) is 11.5 Å². The molecule has 8 nitrogen and oxygen atoms in total.